The van der Waals surface area contributed by atoms with E-state index in [2.05, 4.69) is 22.0 Å². The molecule has 3 aliphatic heterocycles. The molecule has 5 nitrogen and oxygen atoms in total. The summed E-state index contributed by atoms with van der Waals surface area (Å²) in [5.41, 5.74) is 0. The third-order valence-electron chi connectivity index (χ3n) is 4.87. The van der Waals surface area contributed by atoms with Crippen LogP contribution in [-0.4, -0.2) is 74.2 Å². The molecule has 0 aliphatic carbocycles. The standard InChI is InChI=1S/C14H25N3O2/c1-11-8-15-9-13(11)14(18)17-3-2-12(10-17)16-4-6-19-7-5-16/h11-13,15H,2-10H2,1H3. The molecule has 0 saturated carbocycles. The maximum atomic E-state index is 12.5. The maximum absolute atomic E-state index is 12.5. The van der Waals surface area contributed by atoms with Crippen molar-refractivity contribution in [3.05, 3.63) is 0 Å². The van der Waals surface area contributed by atoms with E-state index < -0.39 is 0 Å². The molecule has 3 heterocycles. The van der Waals surface area contributed by atoms with Crippen molar-refractivity contribution in [1.82, 2.24) is 15.1 Å². The van der Waals surface area contributed by atoms with Crippen LogP contribution in [0.3, 0.4) is 0 Å². The van der Waals surface area contributed by atoms with Gasteiger partial charge in [-0.3, -0.25) is 9.69 Å². The van der Waals surface area contributed by atoms with Crippen molar-refractivity contribution in [3.8, 4) is 0 Å². The fraction of sp³-hybridized carbons (Fsp3) is 0.929. The smallest absolute Gasteiger partial charge is 0.227 e. The number of nitrogens with zero attached hydrogens (tertiary/aromatic N) is 2. The third kappa shape index (κ3) is 2.78. The number of likely N-dealkylation sites (tertiary alicyclic amines) is 1. The molecule has 3 unspecified atom stereocenters. The lowest BCUT2D eigenvalue weighted by Crippen LogP contribution is -2.46. The second-order valence-electron chi connectivity index (χ2n) is 6.12. The highest BCUT2D eigenvalue weighted by Gasteiger charge is 2.37. The van der Waals surface area contributed by atoms with Crippen molar-refractivity contribution in [3.63, 3.8) is 0 Å². The van der Waals surface area contributed by atoms with E-state index in [9.17, 15) is 4.79 Å². The highest BCUT2D eigenvalue weighted by molar-refractivity contribution is 5.80. The number of ether oxygens (including phenoxy) is 1. The first-order valence-electron chi connectivity index (χ1n) is 7.57. The highest BCUT2D eigenvalue weighted by atomic mass is 16.5. The molecule has 3 atom stereocenters. The van der Waals surface area contributed by atoms with E-state index in [-0.39, 0.29) is 5.92 Å². The summed E-state index contributed by atoms with van der Waals surface area (Å²) in [6.45, 7) is 9.60. The molecule has 0 aromatic carbocycles. The summed E-state index contributed by atoms with van der Waals surface area (Å²) >= 11 is 0. The minimum absolute atomic E-state index is 0.198. The van der Waals surface area contributed by atoms with Gasteiger partial charge in [0.1, 0.15) is 0 Å². The van der Waals surface area contributed by atoms with Crippen LogP contribution in [0.15, 0.2) is 0 Å². The van der Waals surface area contributed by atoms with Gasteiger partial charge in [0.05, 0.1) is 19.1 Å². The van der Waals surface area contributed by atoms with Crippen molar-refractivity contribution in [2.45, 2.75) is 19.4 Å². The number of amides is 1. The number of hydrogen-bond donors (Lipinski definition) is 1. The van der Waals surface area contributed by atoms with Crippen LogP contribution in [0.25, 0.3) is 0 Å². The summed E-state index contributed by atoms with van der Waals surface area (Å²) in [6, 6.07) is 0.553. The fourth-order valence-corrected chi connectivity index (χ4v) is 3.56. The molecule has 5 heteroatoms. The summed E-state index contributed by atoms with van der Waals surface area (Å²) in [5.74, 6) is 1.05. The highest BCUT2D eigenvalue weighted by Crippen LogP contribution is 2.23. The Morgan fingerprint density at radius 3 is 2.68 bits per heavy atom. The first-order valence-corrected chi connectivity index (χ1v) is 7.57. The van der Waals surface area contributed by atoms with Crippen molar-refractivity contribution in [2.75, 3.05) is 52.5 Å². The Kier molecular flexibility index (Phi) is 4.05. The number of carbonyl (C=O) groups is 1. The zero-order valence-corrected chi connectivity index (χ0v) is 11.8. The van der Waals surface area contributed by atoms with Gasteiger partial charge in [-0.2, -0.15) is 0 Å². The summed E-state index contributed by atoms with van der Waals surface area (Å²) < 4.78 is 5.40. The predicted octanol–water partition coefficient (Wildman–Crippen LogP) is -0.225. The Morgan fingerprint density at radius 2 is 2.00 bits per heavy atom. The van der Waals surface area contributed by atoms with Crippen molar-refractivity contribution < 1.29 is 9.53 Å². The molecule has 3 fully saturated rings. The van der Waals surface area contributed by atoms with Crippen molar-refractivity contribution in [2.24, 2.45) is 11.8 Å². The van der Waals surface area contributed by atoms with E-state index in [4.69, 9.17) is 4.74 Å². The Hall–Kier alpha value is -0.650. The Labute approximate surface area is 115 Å². The zero-order chi connectivity index (χ0) is 13.2. The molecule has 108 valence electrons. The number of morpholine rings is 1. The fourth-order valence-electron chi connectivity index (χ4n) is 3.56. The number of rotatable bonds is 2. The monoisotopic (exact) mass is 267 g/mol. The first-order chi connectivity index (χ1) is 9.25. The van der Waals surface area contributed by atoms with Gasteiger partial charge < -0.3 is 15.0 Å². The van der Waals surface area contributed by atoms with Gasteiger partial charge in [-0.15, -0.1) is 0 Å². The molecule has 0 spiro atoms. The van der Waals surface area contributed by atoms with E-state index in [0.717, 1.165) is 58.9 Å². The molecule has 3 rings (SSSR count). The van der Waals surface area contributed by atoms with Crippen LogP contribution < -0.4 is 5.32 Å². The minimum Gasteiger partial charge on any atom is -0.379 e. The van der Waals surface area contributed by atoms with Crippen LogP contribution in [0.4, 0.5) is 0 Å². The largest absolute Gasteiger partial charge is 0.379 e. The van der Waals surface area contributed by atoms with Crippen LogP contribution in [-0.2, 0) is 9.53 Å². The number of hydrogen-bond acceptors (Lipinski definition) is 4. The molecule has 3 aliphatic rings. The number of carbonyl (C=O) groups excluding carboxylic acids is 1. The first kappa shape index (κ1) is 13.3. The molecule has 3 saturated heterocycles. The van der Waals surface area contributed by atoms with E-state index in [1.54, 1.807) is 0 Å². The molecule has 1 N–H and O–H groups in total. The van der Waals surface area contributed by atoms with E-state index in [1.165, 1.54) is 0 Å². The van der Waals surface area contributed by atoms with Crippen LogP contribution in [0.1, 0.15) is 13.3 Å². The van der Waals surface area contributed by atoms with Gasteiger partial charge in [0.15, 0.2) is 0 Å². The van der Waals surface area contributed by atoms with Crippen LogP contribution in [0.2, 0.25) is 0 Å². The molecule has 0 bridgehead atoms. The van der Waals surface area contributed by atoms with Crippen LogP contribution in [0.5, 0.6) is 0 Å². The molecular weight excluding hydrogens is 242 g/mol. The molecule has 19 heavy (non-hydrogen) atoms. The molecule has 1 amide bonds. The lowest BCUT2D eigenvalue weighted by atomic mass is 9.97. The average molecular weight is 267 g/mol. The molecule has 0 radical (unpaired) electrons. The predicted molar refractivity (Wildman–Crippen MR) is 72.9 cm³/mol. The maximum Gasteiger partial charge on any atom is 0.227 e. The Morgan fingerprint density at radius 1 is 1.21 bits per heavy atom. The van der Waals surface area contributed by atoms with Crippen molar-refractivity contribution in [1.29, 1.82) is 0 Å². The third-order valence-corrected chi connectivity index (χ3v) is 4.87. The van der Waals surface area contributed by atoms with Crippen LogP contribution >= 0.6 is 0 Å². The van der Waals surface area contributed by atoms with Gasteiger partial charge in [0, 0.05) is 38.8 Å². The Balaban J connectivity index is 1.54. The van der Waals surface area contributed by atoms with Crippen molar-refractivity contribution >= 4 is 5.91 Å². The number of nitrogens with one attached hydrogen (secondary N) is 1. The quantitative estimate of drug-likeness (QED) is 0.751. The van der Waals surface area contributed by atoms with E-state index >= 15 is 0 Å². The SMILES string of the molecule is CC1CNCC1C(=O)N1CCC(N2CCOCC2)C1. The average Bonchev–Trinajstić information content (AvgIpc) is 3.08. The Bertz CT molecular complexity index is 331. The molecule has 0 aromatic heterocycles. The van der Waals surface area contributed by atoms with Crippen LogP contribution in [0, 0.1) is 11.8 Å². The van der Waals surface area contributed by atoms with Gasteiger partial charge in [-0.1, -0.05) is 6.92 Å². The lowest BCUT2D eigenvalue weighted by Gasteiger charge is -2.32. The normalized spacial score (nSPS) is 36.9. The van der Waals surface area contributed by atoms with Gasteiger partial charge in [-0.05, 0) is 18.9 Å². The second kappa shape index (κ2) is 5.77. The van der Waals surface area contributed by atoms with E-state index in [0.29, 0.717) is 17.9 Å². The van der Waals surface area contributed by atoms with E-state index in [1.807, 2.05) is 0 Å². The molecule has 0 aromatic rings. The van der Waals surface area contributed by atoms with Gasteiger partial charge in [0.2, 0.25) is 5.91 Å². The summed E-state index contributed by atoms with van der Waals surface area (Å²) in [5, 5.41) is 3.33. The van der Waals surface area contributed by atoms with Gasteiger partial charge in [-0.25, -0.2) is 0 Å². The zero-order valence-electron chi connectivity index (χ0n) is 11.8. The molecular formula is C14H25N3O2. The summed E-state index contributed by atoms with van der Waals surface area (Å²) in [7, 11) is 0. The van der Waals surface area contributed by atoms with Gasteiger partial charge in [0.25, 0.3) is 0 Å². The topological polar surface area (TPSA) is 44.8 Å². The minimum atomic E-state index is 0.198. The second-order valence-corrected chi connectivity index (χ2v) is 6.12. The summed E-state index contributed by atoms with van der Waals surface area (Å²) in [6.07, 6.45) is 1.13. The summed E-state index contributed by atoms with van der Waals surface area (Å²) in [4.78, 5) is 17.1. The van der Waals surface area contributed by atoms with Gasteiger partial charge >= 0.3 is 0 Å². The lowest BCUT2D eigenvalue weighted by molar-refractivity contribution is -0.135.